The Morgan fingerprint density at radius 3 is 2.68 bits per heavy atom. The molecule has 104 valence electrons. The highest BCUT2D eigenvalue weighted by molar-refractivity contribution is 5.95. The monoisotopic (exact) mass is 263 g/mol. The van der Waals surface area contributed by atoms with E-state index in [9.17, 15) is 15.0 Å². The van der Waals surface area contributed by atoms with Gasteiger partial charge in [-0.05, 0) is 37.0 Å². The van der Waals surface area contributed by atoms with E-state index in [1.54, 1.807) is 0 Å². The van der Waals surface area contributed by atoms with Crippen molar-refractivity contribution >= 4 is 5.91 Å². The molecule has 0 aliphatic heterocycles. The molecular weight excluding hydrogens is 242 g/mol. The van der Waals surface area contributed by atoms with Crippen LogP contribution in [-0.4, -0.2) is 22.2 Å². The minimum absolute atomic E-state index is 0.180. The second-order valence-electron chi connectivity index (χ2n) is 5.24. The molecule has 0 radical (unpaired) electrons. The molecule has 19 heavy (non-hydrogen) atoms. The van der Waals surface area contributed by atoms with E-state index in [2.05, 4.69) is 12.2 Å². The standard InChI is InChI=1S/C15H21NO3/c1-2-10-5-3-4-6-12(10)16-15(19)11-7-8-13(17)14(18)9-11/h7-10,12,17-18H,2-6H2,1H3,(H,16,19). The lowest BCUT2D eigenvalue weighted by molar-refractivity contribution is 0.0904. The number of carbonyl (C=O) groups is 1. The maximum absolute atomic E-state index is 12.1. The number of rotatable bonds is 3. The number of phenols is 2. The van der Waals surface area contributed by atoms with E-state index in [1.807, 2.05) is 0 Å². The Labute approximate surface area is 113 Å². The highest BCUT2D eigenvalue weighted by Crippen LogP contribution is 2.28. The normalized spacial score (nSPS) is 23.0. The molecule has 0 heterocycles. The quantitative estimate of drug-likeness (QED) is 0.734. The molecule has 1 aromatic rings. The highest BCUT2D eigenvalue weighted by atomic mass is 16.3. The van der Waals surface area contributed by atoms with Crippen LogP contribution < -0.4 is 5.32 Å². The van der Waals surface area contributed by atoms with Crippen molar-refractivity contribution < 1.29 is 15.0 Å². The summed E-state index contributed by atoms with van der Waals surface area (Å²) in [5.74, 6) is -0.104. The van der Waals surface area contributed by atoms with Crippen molar-refractivity contribution in [3.05, 3.63) is 23.8 Å². The van der Waals surface area contributed by atoms with Crippen LogP contribution in [0.3, 0.4) is 0 Å². The number of amides is 1. The lowest BCUT2D eigenvalue weighted by atomic mass is 9.83. The Kier molecular flexibility index (Phi) is 4.30. The number of benzene rings is 1. The lowest BCUT2D eigenvalue weighted by Crippen LogP contribution is -2.41. The summed E-state index contributed by atoms with van der Waals surface area (Å²) in [6.07, 6.45) is 5.66. The Hall–Kier alpha value is -1.71. The number of phenolic OH excluding ortho intramolecular Hbond substituents is 2. The number of hydrogen-bond donors (Lipinski definition) is 3. The predicted octanol–water partition coefficient (Wildman–Crippen LogP) is 2.80. The Morgan fingerprint density at radius 2 is 2.00 bits per heavy atom. The van der Waals surface area contributed by atoms with Gasteiger partial charge < -0.3 is 15.5 Å². The number of nitrogens with one attached hydrogen (secondary N) is 1. The van der Waals surface area contributed by atoms with Gasteiger partial charge in [0.05, 0.1) is 0 Å². The number of carbonyl (C=O) groups excluding carboxylic acids is 1. The van der Waals surface area contributed by atoms with Crippen LogP contribution in [0.25, 0.3) is 0 Å². The van der Waals surface area contributed by atoms with Crippen LogP contribution in [0.2, 0.25) is 0 Å². The predicted molar refractivity (Wildman–Crippen MR) is 73.3 cm³/mol. The van der Waals surface area contributed by atoms with Crippen molar-refractivity contribution in [3.8, 4) is 11.5 Å². The molecule has 1 aliphatic rings. The zero-order valence-corrected chi connectivity index (χ0v) is 11.2. The van der Waals surface area contributed by atoms with Crippen LogP contribution in [0.1, 0.15) is 49.4 Å². The maximum Gasteiger partial charge on any atom is 0.251 e. The average molecular weight is 263 g/mol. The fourth-order valence-corrected chi connectivity index (χ4v) is 2.80. The van der Waals surface area contributed by atoms with Gasteiger partial charge >= 0.3 is 0 Å². The van der Waals surface area contributed by atoms with Gasteiger partial charge in [0.15, 0.2) is 11.5 Å². The maximum atomic E-state index is 12.1. The largest absolute Gasteiger partial charge is 0.504 e. The van der Waals surface area contributed by atoms with Crippen molar-refractivity contribution in [3.63, 3.8) is 0 Å². The fraction of sp³-hybridized carbons (Fsp3) is 0.533. The van der Waals surface area contributed by atoms with Gasteiger partial charge in [0.25, 0.3) is 5.91 Å². The molecule has 0 aromatic heterocycles. The molecular formula is C15H21NO3. The molecule has 0 saturated heterocycles. The average Bonchev–Trinajstić information content (AvgIpc) is 2.42. The van der Waals surface area contributed by atoms with Crippen LogP contribution in [-0.2, 0) is 0 Å². The molecule has 2 rings (SSSR count). The van der Waals surface area contributed by atoms with Crippen LogP contribution in [0.4, 0.5) is 0 Å². The van der Waals surface area contributed by atoms with Gasteiger partial charge in [-0.25, -0.2) is 0 Å². The summed E-state index contributed by atoms with van der Waals surface area (Å²) in [7, 11) is 0. The third-order valence-electron chi connectivity index (χ3n) is 3.99. The first-order valence-electron chi connectivity index (χ1n) is 6.94. The van der Waals surface area contributed by atoms with E-state index < -0.39 is 0 Å². The van der Waals surface area contributed by atoms with E-state index in [1.165, 1.54) is 31.0 Å². The van der Waals surface area contributed by atoms with E-state index in [4.69, 9.17) is 0 Å². The third kappa shape index (κ3) is 3.19. The Balaban J connectivity index is 2.05. The van der Waals surface area contributed by atoms with Gasteiger partial charge in [0.1, 0.15) is 0 Å². The van der Waals surface area contributed by atoms with Gasteiger partial charge in [0.2, 0.25) is 0 Å². The van der Waals surface area contributed by atoms with Crippen molar-refractivity contribution in [1.29, 1.82) is 0 Å². The van der Waals surface area contributed by atoms with Crippen molar-refractivity contribution in [2.75, 3.05) is 0 Å². The van der Waals surface area contributed by atoms with Crippen molar-refractivity contribution in [2.45, 2.75) is 45.1 Å². The highest BCUT2D eigenvalue weighted by Gasteiger charge is 2.25. The summed E-state index contributed by atoms with van der Waals surface area (Å²) in [5.41, 5.74) is 0.385. The SMILES string of the molecule is CCC1CCCCC1NC(=O)c1ccc(O)c(O)c1. The second kappa shape index (κ2) is 5.95. The Morgan fingerprint density at radius 1 is 1.26 bits per heavy atom. The van der Waals surface area contributed by atoms with E-state index in [0.29, 0.717) is 11.5 Å². The summed E-state index contributed by atoms with van der Waals surface area (Å²) >= 11 is 0. The van der Waals surface area contributed by atoms with Gasteiger partial charge in [-0.15, -0.1) is 0 Å². The first kappa shape index (κ1) is 13.7. The van der Waals surface area contributed by atoms with Crippen LogP contribution in [0.5, 0.6) is 11.5 Å². The molecule has 4 heteroatoms. The van der Waals surface area contributed by atoms with Gasteiger partial charge in [0, 0.05) is 11.6 Å². The molecule has 1 fully saturated rings. The molecule has 3 N–H and O–H groups in total. The zero-order valence-electron chi connectivity index (χ0n) is 11.2. The number of hydrogen-bond acceptors (Lipinski definition) is 3. The van der Waals surface area contributed by atoms with Crippen molar-refractivity contribution in [1.82, 2.24) is 5.32 Å². The zero-order chi connectivity index (χ0) is 13.8. The lowest BCUT2D eigenvalue weighted by Gasteiger charge is -2.31. The molecule has 0 bridgehead atoms. The summed E-state index contributed by atoms with van der Waals surface area (Å²) in [6.45, 7) is 2.15. The molecule has 1 amide bonds. The first-order chi connectivity index (χ1) is 9.11. The van der Waals surface area contributed by atoms with Crippen molar-refractivity contribution in [2.24, 2.45) is 5.92 Å². The molecule has 2 unspecified atom stereocenters. The third-order valence-corrected chi connectivity index (χ3v) is 3.99. The van der Waals surface area contributed by atoms with E-state index in [0.717, 1.165) is 19.3 Å². The topological polar surface area (TPSA) is 69.6 Å². The van der Waals surface area contributed by atoms with E-state index in [-0.39, 0.29) is 23.4 Å². The molecule has 1 aliphatic carbocycles. The fourth-order valence-electron chi connectivity index (χ4n) is 2.80. The van der Waals surface area contributed by atoms with Crippen LogP contribution >= 0.6 is 0 Å². The van der Waals surface area contributed by atoms with Crippen LogP contribution in [0.15, 0.2) is 18.2 Å². The molecule has 4 nitrogen and oxygen atoms in total. The molecule has 1 aromatic carbocycles. The summed E-state index contributed by atoms with van der Waals surface area (Å²) in [5, 5.41) is 21.7. The van der Waals surface area contributed by atoms with Crippen LogP contribution in [0, 0.1) is 5.92 Å². The van der Waals surface area contributed by atoms with E-state index >= 15 is 0 Å². The number of aromatic hydroxyl groups is 2. The van der Waals surface area contributed by atoms with Gasteiger partial charge in [-0.3, -0.25) is 4.79 Å². The minimum atomic E-state index is -0.261. The molecule has 2 atom stereocenters. The summed E-state index contributed by atoms with van der Waals surface area (Å²) < 4.78 is 0. The van der Waals surface area contributed by atoms with Gasteiger partial charge in [-0.1, -0.05) is 26.2 Å². The molecule has 0 spiro atoms. The molecule has 1 saturated carbocycles. The first-order valence-corrected chi connectivity index (χ1v) is 6.94. The smallest absolute Gasteiger partial charge is 0.251 e. The second-order valence-corrected chi connectivity index (χ2v) is 5.24. The Bertz CT molecular complexity index is 459. The van der Waals surface area contributed by atoms with Gasteiger partial charge in [-0.2, -0.15) is 0 Å². The summed E-state index contributed by atoms with van der Waals surface area (Å²) in [6, 6.07) is 4.38. The summed E-state index contributed by atoms with van der Waals surface area (Å²) in [4.78, 5) is 12.1. The minimum Gasteiger partial charge on any atom is -0.504 e.